The first kappa shape index (κ1) is 28.4. The Morgan fingerprint density at radius 2 is 0.627 bits per heavy atom. The third-order valence-electron chi connectivity index (χ3n) is 10.5. The standard InChI is InChI=1S/C48H30N2S/c1-3-13-37(14-4-1)49(41-27-23-35-19-17-31-9-7-11-33-21-25-39(41)47(35)45(31)33)43-29-30-44(51-43)50(38-15-5-2-6-16-38)42-28-24-36-20-18-32-10-8-12-34-22-26-40(42)48(36)46(32)34/h1-30H. The monoisotopic (exact) mass is 666 g/mol. The molecule has 2 nitrogen and oxygen atoms in total. The van der Waals surface area contributed by atoms with Crippen LogP contribution >= 0.6 is 11.3 Å². The van der Waals surface area contributed by atoms with Crippen LogP contribution in [-0.2, 0) is 0 Å². The molecule has 238 valence electrons. The van der Waals surface area contributed by atoms with Gasteiger partial charge in [0.1, 0.15) is 10.0 Å². The molecule has 0 amide bonds. The van der Waals surface area contributed by atoms with Crippen molar-refractivity contribution in [3.63, 3.8) is 0 Å². The summed E-state index contributed by atoms with van der Waals surface area (Å²) in [7, 11) is 0. The minimum Gasteiger partial charge on any atom is -0.301 e. The van der Waals surface area contributed by atoms with E-state index in [1.807, 2.05) is 11.3 Å². The summed E-state index contributed by atoms with van der Waals surface area (Å²) in [6.07, 6.45) is 0. The van der Waals surface area contributed by atoms with Crippen molar-refractivity contribution in [2.24, 2.45) is 0 Å². The SMILES string of the molecule is c1ccc(N(c2ccc(N(c3ccccc3)c3ccc4ccc5cccc6ccc3c4c56)s2)c2ccc3ccc4cccc5ccc2c3c45)cc1. The maximum Gasteiger partial charge on any atom is 0.102 e. The van der Waals surface area contributed by atoms with Crippen LogP contribution in [0.25, 0.3) is 64.6 Å². The number of nitrogens with zero attached hydrogens (tertiary/aromatic N) is 2. The fraction of sp³-hybridized carbons (Fsp3) is 0. The Balaban J connectivity index is 1.14. The Morgan fingerprint density at radius 1 is 0.275 bits per heavy atom. The predicted octanol–water partition coefficient (Wildman–Crippen LogP) is 14.5. The fourth-order valence-corrected chi connectivity index (χ4v) is 9.39. The molecule has 11 rings (SSSR count). The van der Waals surface area contributed by atoms with E-state index in [9.17, 15) is 0 Å². The Labute approximate surface area is 299 Å². The summed E-state index contributed by atoms with van der Waals surface area (Å²) in [5, 5.41) is 17.8. The molecule has 0 bridgehead atoms. The summed E-state index contributed by atoms with van der Waals surface area (Å²) < 4.78 is 0. The topological polar surface area (TPSA) is 6.48 Å². The van der Waals surface area contributed by atoms with Crippen LogP contribution in [0.1, 0.15) is 0 Å². The number of hydrogen-bond donors (Lipinski definition) is 0. The van der Waals surface area contributed by atoms with Gasteiger partial charge in [0.2, 0.25) is 0 Å². The lowest BCUT2D eigenvalue weighted by Crippen LogP contribution is -2.10. The van der Waals surface area contributed by atoms with Crippen molar-refractivity contribution in [3.8, 4) is 0 Å². The molecule has 0 saturated carbocycles. The van der Waals surface area contributed by atoms with Gasteiger partial charge < -0.3 is 9.80 Å². The zero-order valence-electron chi connectivity index (χ0n) is 27.6. The van der Waals surface area contributed by atoms with Crippen molar-refractivity contribution in [2.45, 2.75) is 0 Å². The van der Waals surface area contributed by atoms with Crippen molar-refractivity contribution >= 4 is 109 Å². The van der Waals surface area contributed by atoms with Gasteiger partial charge in [-0.15, -0.1) is 0 Å². The van der Waals surface area contributed by atoms with E-state index in [1.165, 1.54) is 76.0 Å². The highest BCUT2D eigenvalue weighted by atomic mass is 32.1. The molecule has 0 fully saturated rings. The van der Waals surface area contributed by atoms with Crippen LogP contribution in [0.15, 0.2) is 182 Å². The third-order valence-corrected chi connectivity index (χ3v) is 11.6. The number of rotatable bonds is 6. The molecule has 1 aromatic heterocycles. The molecule has 0 unspecified atom stereocenters. The lowest BCUT2D eigenvalue weighted by Gasteiger charge is -2.27. The summed E-state index contributed by atoms with van der Waals surface area (Å²) in [5.41, 5.74) is 4.62. The van der Waals surface area contributed by atoms with E-state index in [2.05, 4.69) is 192 Å². The summed E-state index contributed by atoms with van der Waals surface area (Å²) in [6, 6.07) is 66.8. The van der Waals surface area contributed by atoms with Gasteiger partial charge in [0.15, 0.2) is 0 Å². The van der Waals surface area contributed by atoms with Crippen molar-refractivity contribution in [3.05, 3.63) is 182 Å². The molecule has 3 heteroatoms. The first-order chi connectivity index (χ1) is 25.3. The molecular formula is C48H30N2S. The van der Waals surface area contributed by atoms with Crippen molar-refractivity contribution < 1.29 is 0 Å². The number of hydrogen-bond acceptors (Lipinski definition) is 3. The van der Waals surface area contributed by atoms with E-state index < -0.39 is 0 Å². The lowest BCUT2D eigenvalue weighted by atomic mass is 9.93. The normalized spacial score (nSPS) is 11.9. The largest absolute Gasteiger partial charge is 0.301 e. The minimum absolute atomic E-state index is 1.13. The number of benzene rings is 10. The van der Waals surface area contributed by atoms with Gasteiger partial charge in [-0.25, -0.2) is 0 Å². The molecular weight excluding hydrogens is 637 g/mol. The van der Waals surface area contributed by atoms with Crippen molar-refractivity contribution in [1.82, 2.24) is 0 Å². The molecule has 0 atom stereocenters. The average molecular weight is 667 g/mol. The van der Waals surface area contributed by atoms with Crippen LogP contribution in [0.5, 0.6) is 0 Å². The second-order valence-electron chi connectivity index (χ2n) is 13.3. The fourth-order valence-electron chi connectivity index (χ4n) is 8.31. The smallest absolute Gasteiger partial charge is 0.102 e. The zero-order valence-corrected chi connectivity index (χ0v) is 28.4. The molecule has 1 heterocycles. The van der Waals surface area contributed by atoms with Crippen LogP contribution in [0.3, 0.4) is 0 Å². The minimum atomic E-state index is 1.13. The highest BCUT2D eigenvalue weighted by Crippen LogP contribution is 2.50. The quantitative estimate of drug-likeness (QED) is 0.163. The van der Waals surface area contributed by atoms with E-state index in [0.29, 0.717) is 0 Å². The molecule has 11 aromatic rings. The maximum absolute atomic E-state index is 2.44. The van der Waals surface area contributed by atoms with Crippen LogP contribution < -0.4 is 9.80 Å². The lowest BCUT2D eigenvalue weighted by molar-refractivity contribution is 1.33. The van der Waals surface area contributed by atoms with Gasteiger partial charge in [-0.1, -0.05) is 145 Å². The Morgan fingerprint density at radius 3 is 1.04 bits per heavy atom. The Bertz CT molecular complexity index is 2800. The molecule has 0 spiro atoms. The Hall–Kier alpha value is -6.42. The van der Waals surface area contributed by atoms with Crippen molar-refractivity contribution in [2.75, 3.05) is 9.80 Å². The molecule has 0 radical (unpaired) electrons. The summed E-state index contributed by atoms with van der Waals surface area (Å²) >= 11 is 1.82. The highest BCUT2D eigenvalue weighted by molar-refractivity contribution is 7.20. The summed E-state index contributed by atoms with van der Waals surface area (Å²) in [6.45, 7) is 0. The molecule has 0 aliphatic carbocycles. The molecule has 0 N–H and O–H groups in total. The van der Waals surface area contributed by atoms with Gasteiger partial charge in [-0.2, -0.15) is 0 Å². The van der Waals surface area contributed by atoms with Crippen molar-refractivity contribution in [1.29, 1.82) is 0 Å². The van der Waals surface area contributed by atoms with Gasteiger partial charge in [0, 0.05) is 22.1 Å². The van der Waals surface area contributed by atoms with Crippen LogP contribution in [0.4, 0.5) is 32.8 Å². The Kier molecular flexibility index (Phi) is 6.16. The molecule has 51 heavy (non-hydrogen) atoms. The van der Waals surface area contributed by atoms with Crippen LogP contribution in [0, 0.1) is 0 Å². The second-order valence-corrected chi connectivity index (χ2v) is 14.4. The zero-order chi connectivity index (χ0) is 33.5. The second kappa shape index (κ2) is 11.0. The number of thiophene rings is 1. The van der Waals surface area contributed by atoms with Gasteiger partial charge in [-0.05, 0) is 102 Å². The van der Waals surface area contributed by atoms with Gasteiger partial charge in [0.25, 0.3) is 0 Å². The van der Waals surface area contributed by atoms with Crippen LogP contribution in [-0.4, -0.2) is 0 Å². The summed E-state index contributed by atoms with van der Waals surface area (Å²) in [4.78, 5) is 4.88. The number of anilines is 6. The van der Waals surface area contributed by atoms with Gasteiger partial charge >= 0.3 is 0 Å². The van der Waals surface area contributed by atoms with E-state index in [1.54, 1.807) is 0 Å². The van der Waals surface area contributed by atoms with E-state index in [-0.39, 0.29) is 0 Å². The van der Waals surface area contributed by atoms with E-state index in [4.69, 9.17) is 0 Å². The van der Waals surface area contributed by atoms with E-state index >= 15 is 0 Å². The van der Waals surface area contributed by atoms with Crippen LogP contribution in [0.2, 0.25) is 0 Å². The maximum atomic E-state index is 2.44. The summed E-state index contributed by atoms with van der Waals surface area (Å²) in [5.74, 6) is 0. The predicted molar refractivity (Wildman–Crippen MR) is 221 cm³/mol. The molecule has 10 aromatic carbocycles. The molecule has 0 aliphatic rings. The van der Waals surface area contributed by atoms with E-state index in [0.717, 1.165) is 21.4 Å². The average Bonchev–Trinajstić information content (AvgIpc) is 3.67. The first-order valence-electron chi connectivity index (χ1n) is 17.4. The highest BCUT2D eigenvalue weighted by Gasteiger charge is 2.23. The molecule has 0 saturated heterocycles. The van der Waals surface area contributed by atoms with Gasteiger partial charge in [-0.3, -0.25) is 0 Å². The molecule has 0 aliphatic heterocycles. The first-order valence-corrected chi connectivity index (χ1v) is 18.3. The third kappa shape index (κ3) is 4.29. The number of para-hydroxylation sites is 2. The van der Waals surface area contributed by atoms with Gasteiger partial charge in [0.05, 0.1) is 11.4 Å².